The maximum absolute atomic E-state index is 14.2. The second-order valence-electron chi connectivity index (χ2n) is 8.14. The Morgan fingerprint density at radius 1 is 1.23 bits per heavy atom. The van der Waals surface area contributed by atoms with Crippen molar-refractivity contribution in [2.75, 3.05) is 6.54 Å². The van der Waals surface area contributed by atoms with Gasteiger partial charge in [-0.05, 0) is 31.5 Å². The van der Waals surface area contributed by atoms with Crippen molar-refractivity contribution >= 4 is 11.6 Å². The number of nitrogens with zero attached hydrogens (tertiary/aromatic N) is 5. The number of carbonyl (C=O) groups excluding carboxylic acids is 1. The molecule has 3 heterocycles. The van der Waals surface area contributed by atoms with E-state index in [-0.39, 0.29) is 24.0 Å². The predicted octanol–water partition coefficient (Wildman–Crippen LogP) is 3.77. The fourth-order valence-electron chi connectivity index (χ4n) is 3.72. The highest BCUT2D eigenvalue weighted by Gasteiger charge is 2.25. The Hall–Kier alpha value is -3.55. The highest BCUT2D eigenvalue weighted by molar-refractivity contribution is 5.93. The number of halogens is 1. The summed E-state index contributed by atoms with van der Waals surface area (Å²) in [5.74, 6) is -0.617. The van der Waals surface area contributed by atoms with Crippen LogP contribution in [0.1, 0.15) is 42.5 Å². The van der Waals surface area contributed by atoms with Gasteiger partial charge in [-0.2, -0.15) is 10.2 Å². The Bertz CT molecular complexity index is 1260. The number of amides is 1. The number of aryl methyl sites for hydroxylation is 1. The summed E-state index contributed by atoms with van der Waals surface area (Å²) in [4.78, 5) is 17.2. The monoisotopic (exact) mass is 420 g/mol. The van der Waals surface area contributed by atoms with Gasteiger partial charge >= 0.3 is 0 Å². The number of benzene rings is 1. The standard InChI is InChI=1S/C23H25FN6O/c1-5-29-15(2)16(13-27-29)20-10-11-25-21-12-19(28-30(20)21)22(31)26-14-23(3,4)17-8-6-7-9-18(17)24/h6-13H,5,14H2,1-4H3,(H,26,31). The van der Waals surface area contributed by atoms with Gasteiger partial charge in [0.25, 0.3) is 5.91 Å². The van der Waals surface area contributed by atoms with Crippen molar-refractivity contribution in [2.45, 2.75) is 39.7 Å². The lowest BCUT2D eigenvalue weighted by molar-refractivity contribution is 0.0940. The van der Waals surface area contributed by atoms with Crippen molar-refractivity contribution in [1.29, 1.82) is 0 Å². The minimum atomic E-state index is -0.574. The lowest BCUT2D eigenvalue weighted by Crippen LogP contribution is -2.37. The first kappa shape index (κ1) is 20.7. The van der Waals surface area contributed by atoms with Crippen molar-refractivity contribution in [1.82, 2.24) is 29.7 Å². The normalized spacial score (nSPS) is 11.8. The van der Waals surface area contributed by atoms with Crippen LogP contribution in [-0.4, -0.2) is 36.8 Å². The zero-order valence-corrected chi connectivity index (χ0v) is 18.1. The topological polar surface area (TPSA) is 77.1 Å². The molecule has 0 aliphatic carbocycles. The van der Waals surface area contributed by atoms with Crippen LogP contribution in [0.25, 0.3) is 16.9 Å². The lowest BCUT2D eigenvalue weighted by Gasteiger charge is -2.25. The van der Waals surface area contributed by atoms with Gasteiger partial charge in [0.05, 0.1) is 11.9 Å². The van der Waals surface area contributed by atoms with Gasteiger partial charge in [-0.1, -0.05) is 32.0 Å². The van der Waals surface area contributed by atoms with E-state index in [1.165, 1.54) is 6.07 Å². The molecule has 0 saturated heterocycles. The number of rotatable bonds is 6. The molecule has 7 nitrogen and oxygen atoms in total. The van der Waals surface area contributed by atoms with Crippen LogP contribution in [-0.2, 0) is 12.0 Å². The van der Waals surface area contributed by atoms with E-state index in [1.54, 1.807) is 41.2 Å². The molecular weight excluding hydrogens is 395 g/mol. The van der Waals surface area contributed by atoms with E-state index in [9.17, 15) is 9.18 Å². The second-order valence-corrected chi connectivity index (χ2v) is 8.14. The minimum Gasteiger partial charge on any atom is -0.350 e. The van der Waals surface area contributed by atoms with Gasteiger partial charge in [0.2, 0.25) is 0 Å². The van der Waals surface area contributed by atoms with Gasteiger partial charge < -0.3 is 5.32 Å². The molecule has 1 N–H and O–H groups in total. The maximum Gasteiger partial charge on any atom is 0.271 e. The molecule has 0 atom stereocenters. The molecule has 0 aliphatic rings. The van der Waals surface area contributed by atoms with E-state index in [2.05, 4.69) is 20.5 Å². The van der Waals surface area contributed by atoms with Crippen LogP contribution in [0.5, 0.6) is 0 Å². The third-order valence-corrected chi connectivity index (χ3v) is 5.56. The molecule has 0 bridgehead atoms. The average Bonchev–Trinajstić information content (AvgIpc) is 3.35. The summed E-state index contributed by atoms with van der Waals surface area (Å²) >= 11 is 0. The quantitative estimate of drug-likeness (QED) is 0.515. The number of hydrogen-bond donors (Lipinski definition) is 1. The van der Waals surface area contributed by atoms with Gasteiger partial charge in [0, 0.05) is 42.0 Å². The molecule has 4 rings (SSSR count). The molecular formula is C23H25FN6O. The summed E-state index contributed by atoms with van der Waals surface area (Å²) in [6.45, 7) is 8.85. The molecule has 0 spiro atoms. The maximum atomic E-state index is 14.2. The number of fused-ring (bicyclic) bond motifs is 1. The van der Waals surface area contributed by atoms with E-state index >= 15 is 0 Å². The van der Waals surface area contributed by atoms with Crippen LogP contribution in [0.15, 0.2) is 48.8 Å². The van der Waals surface area contributed by atoms with E-state index < -0.39 is 5.41 Å². The number of aromatic nitrogens is 5. The number of hydrogen-bond acceptors (Lipinski definition) is 4. The van der Waals surface area contributed by atoms with Crippen molar-refractivity contribution in [3.8, 4) is 11.3 Å². The molecule has 0 fully saturated rings. The zero-order valence-electron chi connectivity index (χ0n) is 18.1. The zero-order chi connectivity index (χ0) is 22.2. The summed E-state index contributed by atoms with van der Waals surface area (Å²) in [5.41, 5.74) is 3.57. The Kier molecular flexibility index (Phi) is 5.31. The molecule has 0 radical (unpaired) electrons. The van der Waals surface area contributed by atoms with Crippen molar-refractivity contribution in [3.05, 3.63) is 71.6 Å². The molecule has 4 aromatic rings. The summed E-state index contributed by atoms with van der Waals surface area (Å²) in [6.07, 6.45) is 3.49. The van der Waals surface area contributed by atoms with Crippen LogP contribution in [0.4, 0.5) is 4.39 Å². The molecule has 0 aliphatic heterocycles. The van der Waals surface area contributed by atoms with Crippen molar-refractivity contribution < 1.29 is 9.18 Å². The van der Waals surface area contributed by atoms with E-state index in [0.717, 1.165) is 23.5 Å². The molecule has 8 heteroatoms. The SMILES string of the molecule is CCn1ncc(-c2ccnc3cc(C(=O)NCC(C)(C)c4ccccc4F)nn23)c1C. The second kappa shape index (κ2) is 7.94. The Morgan fingerprint density at radius 3 is 2.71 bits per heavy atom. The van der Waals surface area contributed by atoms with Crippen LogP contribution in [0.2, 0.25) is 0 Å². The van der Waals surface area contributed by atoms with Crippen molar-refractivity contribution in [2.24, 2.45) is 0 Å². The van der Waals surface area contributed by atoms with E-state index in [4.69, 9.17) is 0 Å². The molecule has 1 aromatic carbocycles. The number of nitrogens with one attached hydrogen (secondary N) is 1. The first-order valence-corrected chi connectivity index (χ1v) is 10.2. The lowest BCUT2D eigenvalue weighted by atomic mass is 9.84. The number of carbonyl (C=O) groups is 1. The van der Waals surface area contributed by atoms with Crippen LogP contribution < -0.4 is 5.32 Å². The third-order valence-electron chi connectivity index (χ3n) is 5.56. The first-order chi connectivity index (χ1) is 14.8. The smallest absolute Gasteiger partial charge is 0.271 e. The summed E-state index contributed by atoms with van der Waals surface area (Å²) in [7, 11) is 0. The molecule has 31 heavy (non-hydrogen) atoms. The molecule has 1 amide bonds. The summed E-state index contributed by atoms with van der Waals surface area (Å²) in [6, 6.07) is 10.1. The van der Waals surface area contributed by atoms with Gasteiger partial charge in [-0.3, -0.25) is 9.48 Å². The fraction of sp³-hybridized carbons (Fsp3) is 0.304. The largest absolute Gasteiger partial charge is 0.350 e. The summed E-state index contributed by atoms with van der Waals surface area (Å²) in [5, 5.41) is 11.8. The average molecular weight is 420 g/mol. The van der Waals surface area contributed by atoms with Gasteiger partial charge in [-0.15, -0.1) is 0 Å². The van der Waals surface area contributed by atoms with Gasteiger partial charge in [-0.25, -0.2) is 13.9 Å². The van der Waals surface area contributed by atoms with E-state index in [1.807, 2.05) is 38.4 Å². The van der Waals surface area contributed by atoms with E-state index in [0.29, 0.717) is 11.2 Å². The highest BCUT2D eigenvalue weighted by Crippen LogP contribution is 2.26. The summed E-state index contributed by atoms with van der Waals surface area (Å²) < 4.78 is 17.8. The highest BCUT2D eigenvalue weighted by atomic mass is 19.1. The van der Waals surface area contributed by atoms with Gasteiger partial charge in [0.15, 0.2) is 11.3 Å². The van der Waals surface area contributed by atoms with Crippen LogP contribution in [0, 0.1) is 12.7 Å². The molecule has 0 unspecified atom stereocenters. The molecule has 3 aromatic heterocycles. The van der Waals surface area contributed by atoms with Crippen LogP contribution >= 0.6 is 0 Å². The predicted molar refractivity (Wildman–Crippen MR) is 116 cm³/mol. The Labute approximate surface area is 179 Å². The Morgan fingerprint density at radius 2 is 2.00 bits per heavy atom. The first-order valence-electron chi connectivity index (χ1n) is 10.2. The minimum absolute atomic E-state index is 0.254. The molecule has 160 valence electrons. The Balaban J connectivity index is 1.60. The van der Waals surface area contributed by atoms with Gasteiger partial charge in [0.1, 0.15) is 5.82 Å². The van der Waals surface area contributed by atoms with Crippen molar-refractivity contribution in [3.63, 3.8) is 0 Å². The molecule has 0 saturated carbocycles. The van der Waals surface area contributed by atoms with Crippen LogP contribution in [0.3, 0.4) is 0 Å². The fourth-order valence-corrected chi connectivity index (χ4v) is 3.72. The third kappa shape index (κ3) is 3.81.